The van der Waals surface area contributed by atoms with E-state index in [1.165, 1.54) is 4.31 Å². The highest BCUT2D eigenvalue weighted by Gasteiger charge is 2.33. The molecule has 0 radical (unpaired) electrons. The molecule has 0 aromatic heterocycles. The Bertz CT molecular complexity index is 367. The van der Waals surface area contributed by atoms with Gasteiger partial charge in [-0.2, -0.15) is 17.4 Å². The van der Waals surface area contributed by atoms with Crippen molar-refractivity contribution in [3.8, 4) is 0 Å². The molecule has 0 aromatic carbocycles. The molecular formula is C13H29N3O3S. The SMILES string of the molecule is CCOC1CC(NS(=O)(=O)N(C)CCCNC(C)C)C1. The lowest BCUT2D eigenvalue weighted by molar-refractivity contribution is -0.00503. The normalized spacial score (nSPS) is 23.3. The Morgan fingerprint density at radius 2 is 2.00 bits per heavy atom. The second-order valence-electron chi connectivity index (χ2n) is 5.65. The second kappa shape index (κ2) is 8.29. The molecule has 2 N–H and O–H groups in total. The third kappa shape index (κ3) is 6.05. The maximum Gasteiger partial charge on any atom is 0.279 e. The summed E-state index contributed by atoms with van der Waals surface area (Å²) in [6, 6.07) is 0.452. The first-order valence-electron chi connectivity index (χ1n) is 7.43. The van der Waals surface area contributed by atoms with E-state index in [1.807, 2.05) is 6.92 Å². The van der Waals surface area contributed by atoms with Crippen molar-refractivity contribution in [3.63, 3.8) is 0 Å². The molecule has 120 valence electrons. The Labute approximate surface area is 123 Å². The molecule has 0 spiro atoms. The van der Waals surface area contributed by atoms with E-state index in [0.29, 0.717) is 19.2 Å². The fourth-order valence-corrected chi connectivity index (χ4v) is 3.31. The Morgan fingerprint density at radius 3 is 2.55 bits per heavy atom. The van der Waals surface area contributed by atoms with Gasteiger partial charge in [-0.3, -0.25) is 0 Å². The van der Waals surface area contributed by atoms with Crippen LogP contribution in [0, 0.1) is 0 Å². The second-order valence-corrected chi connectivity index (χ2v) is 7.46. The number of hydrogen-bond donors (Lipinski definition) is 2. The van der Waals surface area contributed by atoms with E-state index in [1.54, 1.807) is 7.05 Å². The molecule has 6 nitrogen and oxygen atoms in total. The Hall–Kier alpha value is -0.210. The third-order valence-electron chi connectivity index (χ3n) is 3.43. The van der Waals surface area contributed by atoms with Gasteiger partial charge in [0.25, 0.3) is 10.2 Å². The van der Waals surface area contributed by atoms with E-state index >= 15 is 0 Å². The minimum absolute atomic E-state index is 0.0211. The summed E-state index contributed by atoms with van der Waals surface area (Å²) in [5, 5.41) is 3.28. The number of nitrogens with zero attached hydrogens (tertiary/aromatic N) is 1. The van der Waals surface area contributed by atoms with E-state index < -0.39 is 10.2 Å². The van der Waals surface area contributed by atoms with Crippen LogP contribution >= 0.6 is 0 Å². The number of hydrogen-bond acceptors (Lipinski definition) is 4. The molecule has 0 bridgehead atoms. The van der Waals surface area contributed by atoms with Crippen molar-refractivity contribution in [1.29, 1.82) is 0 Å². The van der Waals surface area contributed by atoms with Crippen LogP contribution in [0.4, 0.5) is 0 Å². The molecule has 0 saturated heterocycles. The summed E-state index contributed by atoms with van der Waals surface area (Å²) in [6.07, 6.45) is 2.57. The highest BCUT2D eigenvalue weighted by molar-refractivity contribution is 7.87. The summed E-state index contributed by atoms with van der Waals surface area (Å²) >= 11 is 0. The maximum atomic E-state index is 12.1. The summed E-state index contributed by atoms with van der Waals surface area (Å²) < 4.78 is 33.7. The summed E-state index contributed by atoms with van der Waals surface area (Å²) in [4.78, 5) is 0. The molecule has 7 heteroatoms. The fraction of sp³-hybridized carbons (Fsp3) is 1.00. The first-order chi connectivity index (χ1) is 9.35. The van der Waals surface area contributed by atoms with Gasteiger partial charge in [-0.1, -0.05) is 13.8 Å². The van der Waals surface area contributed by atoms with Gasteiger partial charge in [-0.25, -0.2) is 0 Å². The van der Waals surface area contributed by atoms with Crippen LogP contribution in [0.3, 0.4) is 0 Å². The third-order valence-corrected chi connectivity index (χ3v) is 5.06. The van der Waals surface area contributed by atoms with Crippen LogP contribution < -0.4 is 10.0 Å². The Kier molecular flexibility index (Phi) is 7.39. The molecule has 0 unspecified atom stereocenters. The van der Waals surface area contributed by atoms with Gasteiger partial charge in [0.2, 0.25) is 0 Å². The van der Waals surface area contributed by atoms with Gasteiger partial charge in [-0.15, -0.1) is 0 Å². The lowest BCUT2D eigenvalue weighted by atomic mass is 9.90. The zero-order valence-corrected chi connectivity index (χ0v) is 13.9. The topological polar surface area (TPSA) is 70.7 Å². The predicted octanol–water partition coefficient (Wildman–Crippen LogP) is 0.708. The molecule has 1 aliphatic carbocycles. The van der Waals surface area contributed by atoms with Crippen LogP contribution in [0.15, 0.2) is 0 Å². The monoisotopic (exact) mass is 307 g/mol. The van der Waals surface area contributed by atoms with Crippen molar-refractivity contribution in [2.45, 2.75) is 58.2 Å². The van der Waals surface area contributed by atoms with E-state index in [9.17, 15) is 8.42 Å². The molecule has 0 heterocycles. The van der Waals surface area contributed by atoms with E-state index in [4.69, 9.17) is 4.74 Å². The van der Waals surface area contributed by atoms with Crippen LogP contribution in [0.2, 0.25) is 0 Å². The van der Waals surface area contributed by atoms with Crippen LogP contribution in [-0.4, -0.2) is 57.7 Å². The van der Waals surface area contributed by atoms with E-state index in [2.05, 4.69) is 23.9 Å². The zero-order chi connectivity index (χ0) is 15.2. The van der Waals surface area contributed by atoms with Crippen molar-refractivity contribution in [3.05, 3.63) is 0 Å². The zero-order valence-electron chi connectivity index (χ0n) is 13.1. The molecule has 0 aliphatic heterocycles. The fourth-order valence-electron chi connectivity index (χ4n) is 2.15. The molecule has 20 heavy (non-hydrogen) atoms. The van der Waals surface area contributed by atoms with Crippen molar-refractivity contribution in [2.24, 2.45) is 0 Å². The summed E-state index contributed by atoms with van der Waals surface area (Å²) in [5.41, 5.74) is 0. The number of rotatable bonds is 10. The lowest BCUT2D eigenvalue weighted by Gasteiger charge is -2.36. The average molecular weight is 307 g/mol. The highest BCUT2D eigenvalue weighted by Crippen LogP contribution is 2.24. The van der Waals surface area contributed by atoms with Crippen LogP contribution in [0.25, 0.3) is 0 Å². The van der Waals surface area contributed by atoms with Gasteiger partial charge >= 0.3 is 0 Å². The molecular weight excluding hydrogens is 278 g/mol. The van der Waals surface area contributed by atoms with Crippen molar-refractivity contribution in [1.82, 2.24) is 14.3 Å². The largest absolute Gasteiger partial charge is 0.378 e. The predicted molar refractivity (Wildman–Crippen MR) is 80.9 cm³/mol. The molecule has 0 atom stereocenters. The molecule has 1 aliphatic rings. The van der Waals surface area contributed by atoms with Crippen molar-refractivity contribution in [2.75, 3.05) is 26.7 Å². The van der Waals surface area contributed by atoms with Crippen LogP contribution in [-0.2, 0) is 14.9 Å². The smallest absolute Gasteiger partial charge is 0.279 e. The van der Waals surface area contributed by atoms with Gasteiger partial charge < -0.3 is 10.1 Å². The number of ether oxygens (including phenoxy) is 1. The average Bonchev–Trinajstić information content (AvgIpc) is 2.31. The molecule has 1 fully saturated rings. The van der Waals surface area contributed by atoms with Crippen LogP contribution in [0.5, 0.6) is 0 Å². The highest BCUT2D eigenvalue weighted by atomic mass is 32.2. The quantitative estimate of drug-likeness (QED) is 0.583. The molecule has 1 saturated carbocycles. The number of nitrogens with one attached hydrogen (secondary N) is 2. The summed E-state index contributed by atoms with van der Waals surface area (Å²) in [5.74, 6) is 0. The molecule has 0 aromatic rings. The Morgan fingerprint density at radius 1 is 1.35 bits per heavy atom. The molecule has 1 rings (SSSR count). The standard InChI is InChI=1S/C13H29N3O3S/c1-5-19-13-9-12(10-13)15-20(17,18)16(4)8-6-7-14-11(2)3/h11-15H,5-10H2,1-4H3. The van der Waals surface area contributed by atoms with Gasteiger partial charge in [0.1, 0.15) is 0 Å². The molecule has 0 amide bonds. The summed E-state index contributed by atoms with van der Waals surface area (Å²) in [7, 11) is -1.74. The minimum atomic E-state index is -3.36. The van der Waals surface area contributed by atoms with E-state index in [0.717, 1.165) is 25.8 Å². The lowest BCUT2D eigenvalue weighted by Crippen LogP contribution is -2.51. The van der Waals surface area contributed by atoms with Gasteiger partial charge in [0, 0.05) is 32.3 Å². The van der Waals surface area contributed by atoms with Gasteiger partial charge in [-0.05, 0) is 32.7 Å². The minimum Gasteiger partial charge on any atom is -0.378 e. The first-order valence-corrected chi connectivity index (χ1v) is 8.87. The first kappa shape index (κ1) is 17.8. The van der Waals surface area contributed by atoms with Crippen molar-refractivity contribution >= 4 is 10.2 Å². The van der Waals surface area contributed by atoms with Gasteiger partial charge in [0.05, 0.1) is 6.10 Å². The van der Waals surface area contributed by atoms with E-state index in [-0.39, 0.29) is 12.1 Å². The Balaban J connectivity index is 2.23. The van der Waals surface area contributed by atoms with Crippen LogP contribution in [0.1, 0.15) is 40.0 Å². The maximum absolute atomic E-state index is 12.1. The van der Waals surface area contributed by atoms with Crippen molar-refractivity contribution < 1.29 is 13.2 Å². The van der Waals surface area contributed by atoms with Gasteiger partial charge in [0.15, 0.2) is 0 Å². The summed E-state index contributed by atoms with van der Waals surface area (Å²) in [6.45, 7) is 8.15.